The summed E-state index contributed by atoms with van der Waals surface area (Å²) < 4.78 is 77.1. The second-order valence-electron chi connectivity index (χ2n) is 12.6. The van der Waals surface area contributed by atoms with Gasteiger partial charge in [0.15, 0.2) is 5.78 Å². The number of hydrogen-bond donors (Lipinski definition) is 2. The topological polar surface area (TPSA) is 284 Å². The van der Waals surface area contributed by atoms with Gasteiger partial charge in [-0.1, -0.05) is 12.1 Å². The Bertz CT molecular complexity index is 2980. The molecular weight excluding hydrogens is 876 g/mol. The molecule has 1 amide bonds. The number of anilines is 2. The molecule has 1 aliphatic carbocycles. The quantitative estimate of drug-likeness (QED) is 0.0316. The number of carboxylic acids is 1. The van der Waals surface area contributed by atoms with Gasteiger partial charge in [-0.2, -0.15) is 25.6 Å². The first-order valence-corrected chi connectivity index (χ1v) is 19.7. The average Bonchev–Trinajstić information content (AvgIpc) is 3.18. The van der Waals surface area contributed by atoms with Crippen molar-refractivity contribution in [2.24, 2.45) is 25.6 Å². The van der Waals surface area contributed by atoms with Gasteiger partial charge in [0.1, 0.15) is 26.0 Å². The van der Waals surface area contributed by atoms with Gasteiger partial charge in [-0.05, 0) is 110 Å². The molecule has 5 aromatic carbocycles. The van der Waals surface area contributed by atoms with E-state index in [2.05, 4.69) is 36.3 Å². The van der Waals surface area contributed by atoms with Crippen molar-refractivity contribution in [2.75, 3.05) is 17.9 Å². The molecule has 0 radical (unpaired) electrons. The Kier molecular flexibility index (Phi) is 18.4. The number of aliphatic carboxylic acids is 1. The number of allylic oxidation sites excluding steroid dienone is 3. The number of azo groups is 2. The van der Waals surface area contributed by atoms with E-state index in [4.69, 9.17) is 4.74 Å². The number of fused-ring (bicyclic) bond motifs is 1. The van der Waals surface area contributed by atoms with Crippen LogP contribution in [0.15, 0.2) is 144 Å². The molecule has 300 valence electrons. The number of benzene rings is 5. The number of amides is 1. The molecule has 0 saturated carbocycles. The zero-order valence-corrected chi connectivity index (χ0v) is 41.5. The average molecular weight is 904 g/mol. The molecule has 1 aliphatic rings. The number of carbonyl (C=O) groups excluding carboxylic acids is 3. The SMILES string of the molecule is COc1cc(N=Nc2ccc(N=Nc3cc(S(=O)(=O)[O-])c4cccc(S(=O)(=O)[O-])c4c3)c(C)c2)c(C)cc1NC(=O)c1ccc(N/N=C2\C=CC(=O)C(C(=O)[O-])=C2)cc1.[Na+].[Na+].[Na+]. The van der Waals surface area contributed by atoms with Gasteiger partial charge >= 0.3 is 88.7 Å². The van der Waals surface area contributed by atoms with Gasteiger partial charge in [0.05, 0.1) is 62.7 Å². The third kappa shape index (κ3) is 12.7. The number of methoxy groups -OCH3 is 1. The summed E-state index contributed by atoms with van der Waals surface area (Å²) in [6, 6.07) is 19.7. The predicted octanol–water partition coefficient (Wildman–Crippen LogP) is -3.05. The van der Waals surface area contributed by atoms with Crippen LogP contribution < -0.4 is 109 Å². The number of ketones is 1. The molecule has 0 heterocycles. The van der Waals surface area contributed by atoms with Crippen molar-refractivity contribution in [1.82, 2.24) is 0 Å². The van der Waals surface area contributed by atoms with Crippen LogP contribution in [-0.2, 0) is 29.8 Å². The molecule has 0 unspecified atom stereocenters. The van der Waals surface area contributed by atoms with Gasteiger partial charge < -0.3 is 29.1 Å². The number of aryl methyl sites for hydroxylation is 2. The van der Waals surface area contributed by atoms with E-state index in [0.29, 0.717) is 50.9 Å². The maximum Gasteiger partial charge on any atom is 1.00 e. The van der Waals surface area contributed by atoms with Crippen LogP contribution in [0, 0.1) is 13.8 Å². The molecule has 23 heteroatoms. The van der Waals surface area contributed by atoms with Gasteiger partial charge in [-0.3, -0.25) is 15.0 Å². The Morgan fingerprint density at radius 3 is 1.97 bits per heavy atom. The predicted molar refractivity (Wildman–Crippen MR) is 210 cm³/mol. The first-order chi connectivity index (χ1) is 27.9. The third-order valence-electron chi connectivity index (χ3n) is 8.58. The van der Waals surface area contributed by atoms with Crippen LogP contribution in [0.3, 0.4) is 0 Å². The molecule has 2 N–H and O–H groups in total. The Morgan fingerprint density at radius 1 is 0.694 bits per heavy atom. The van der Waals surface area contributed by atoms with Crippen molar-refractivity contribution in [3.63, 3.8) is 0 Å². The summed E-state index contributed by atoms with van der Waals surface area (Å²) in [4.78, 5) is 34.4. The van der Waals surface area contributed by atoms with Crippen LogP contribution in [0.4, 0.5) is 34.1 Å². The van der Waals surface area contributed by atoms with Crippen LogP contribution in [0.2, 0.25) is 0 Å². The Labute approximate surface area is 421 Å². The molecule has 0 bridgehead atoms. The Morgan fingerprint density at radius 2 is 1.34 bits per heavy atom. The number of hydrazone groups is 1. The molecule has 0 saturated heterocycles. The van der Waals surface area contributed by atoms with E-state index in [-0.39, 0.29) is 111 Å². The first-order valence-electron chi connectivity index (χ1n) is 16.9. The van der Waals surface area contributed by atoms with E-state index in [9.17, 15) is 45.4 Å². The largest absolute Gasteiger partial charge is 1.00 e. The number of hydrogen-bond acceptors (Lipinski definition) is 17. The Balaban J connectivity index is 0.00000341. The van der Waals surface area contributed by atoms with Crippen molar-refractivity contribution in [3.05, 3.63) is 125 Å². The number of nitrogens with zero attached hydrogens (tertiary/aromatic N) is 5. The monoisotopic (exact) mass is 903 g/mol. The summed E-state index contributed by atoms with van der Waals surface area (Å²) in [6.45, 7) is 3.45. The number of nitrogens with one attached hydrogen (secondary N) is 2. The van der Waals surface area contributed by atoms with E-state index in [1.807, 2.05) is 0 Å². The summed E-state index contributed by atoms with van der Waals surface area (Å²) in [5, 5.41) is 34.2. The Hall–Kier alpha value is -4.26. The second kappa shape index (κ2) is 21.9. The van der Waals surface area contributed by atoms with E-state index in [0.717, 1.165) is 36.4 Å². The van der Waals surface area contributed by atoms with Gasteiger partial charge in [0, 0.05) is 28.0 Å². The number of carbonyl (C=O) groups is 3. The van der Waals surface area contributed by atoms with Crippen molar-refractivity contribution in [1.29, 1.82) is 0 Å². The minimum atomic E-state index is -5.10. The smallest absolute Gasteiger partial charge is 0.744 e. The molecule has 6 rings (SSSR count). The summed E-state index contributed by atoms with van der Waals surface area (Å²) >= 11 is 0. The van der Waals surface area contributed by atoms with Gasteiger partial charge in [0.25, 0.3) is 5.91 Å². The maximum atomic E-state index is 13.1. The zero-order chi connectivity index (χ0) is 42.6. The fourth-order valence-corrected chi connectivity index (χ4v) is 7.04. The molecule has 0 fully saturated rings. The van der Waals surface area contributed by atoms with E-state index in [1.54, 1.807) is 56.3 Å². The number of carboxylic acid groups (broad SMARTS) is 1. The molecule has 62 heavy (non-hydrogen) atoms. The van der Waals surface area contributed by atoms with E-state index in [1.165, 1.54) is 31.4 Å². The fraction of sp³-hybridized carbons (Fsp3) is 0.0769. The van der Waals surface area contributed by atoms with Crippen molar-refractivity contribution < 1.29 is 139 Å². The molecule has 0 aromatic heterocycles. The zero-order valence-electron chi connectivity index (χ0n) is 33.9. The summed E-state index contributed by atoms with van der Waals surface area (Å²) in [6.07, 6.45) is 3.50. The number of rotatable bonds is 12. The molecule has 18 nitrogen and oxygen atoms in total. The van der Waals surface area contributed by atoms with Crippen LogP contribution in [0.25, 0.3) is 10.8 Å². The summed E-state index contributed by atoms with van der Waals surface area (Å²) in [5.74, 6) is -2.46. The van der Waals surface area contributed by atoms with Gasteiger partial charge in [-0.15, -0.1) is 0 Å². The van der Waals surface area contributed by atoms with Crippen LogP contribution in [-0.4, -0.2) is 56.4 Å². The summed E-state index contributed by atoms with van der Waals surface area (Å²) in [5.41, 5.74) is 5.73. The van der Waals surface area contributed by atoms with Crippen molar-refractivity contribution >= 4 is 88.5 Å². The summed E-state index contributed by atoms with van der Waals surface area (Å²) in [7, 11) is -8.71. The number of ether oxygens (including phenoxy) is 1. The van der Waals surface area contributed by atoms with Crippen molar-refractivity contribution in [2.45, 2.75) is 23.6 Å². The molecule has 5 aromatic rings. The molecule has 0 spiro atoms. The standard InChI is InChI=1S/C39H31N7O11S2.3Na/c1-21-15-25(11-13-31(21)45-44-27-18-29-28(37(19-27)59(54,55)56)5-4-6-36(29)58(51,52)53)43-46-32-20-35(57-3)33(16-22(32)2)40-38(48)23-7-9-24(10-8-23)41-42-26-12-14-34(47)30(17-26)39(49)50;;;/h4-20,41H,1-3H3,(H,40,48)(H,49,50)(H,51,52,53)(H,54,55,56);;;/q;3*+1/p-3/b42-26+,45-44?,46-43?;;;. The van der Waals surface area contributed by atoms with Crippen LogP contribution >= 0.6 is 0 Å². The molecular formula is C39H28N7Na3O11S2. The van der Waals surface area contributed by atoms with Gasteiger partial charge in [-0.25, -0.2) is 16.8 Å². The fourth-order valence-electron chi connectivity index (χ4n) is 5.65. The van der Waals surface area contributed by atoms with E-state index >= 15 is 0 Å². The van der Waals surface area contributed by atoms with Crippen LogP contribution in [0.1, 0.15) is 21.5 Å². The third-order valence-corrected chi connectivity index (χ3v) is 10.3. The second-order valence-corrected chi connectivity index (χ2v) is 15.3. The normalized spacial score (nSPS) is 13.3. The first kappa shape index (κ1) is 52.1. The molecule has 0 atom stereocenters. The van der Waals surface area contributed by atoms with Crippen LogP contribution in [0.5, 0.6) is 5.75 Å². The van der Waals surface area contributed by atoms with Gasteiger partial charge in [0.2, 0.25) is 0 Å². The molecule has 0 aliphatic heterocycles. The minimum absolute atomic E-state index is 0. The minimum Gasteiger partial charge on any atom is -0.744 e. The van der Waals surface area contributed by atoms with Crippen molar-refractivity contribution in [3.8, 4) is 5.75 Å². The maximum absolute atomic E-state index is 13.1. The van der Waals surface area contributed by atoms with E-state index < -0.39 is 53.3 Å².